The van der Waals surface area contributed by atoms with Crippen LogP contribution >= 0.6 is 0 Å². The summed E-state index contributed by atoms with van der Waals surface area (Å²) in [5.41, 5.74) is 15.2. The van der Waals surface area contributed by atoms with Crippen LogP contribution < -0.4 is 16.8 Å². The number of alkyl halides is 2. The molecule has 6 nitrogen and oxygen atoms in total. The van der Waals surface area contributed by atoms with Crippen molar-refractivity contribution in [2.24, 2.45) is 5.73 Å². The Labute approximate surface area is 150 Å². The highest BCUT2D eigenvalue weighted by molar-refractivity contribution is 5.83. The Kier molecular flexibility index (Phi) is 5.32. The van der Waals surface area contributed by atoms with E-state index in [9.17, 15) is 8.78 Å². The van der Waals surface area contributed by atoms with Gasteiger partial charge in [0.15, 0.2) is 0 Å². The average molecular weight is 360 g/mol. The van der Waals surface area contributed by atoms with Crippen LogP contribution in [0, 0.1) is 6.92 Å². The van der Waals surface area contributed by atoms with Crippen molar-refractivity contribution in [1.82, 2.24) is 14.8 Å². The quantitative estimate of drug-likeness (QED) is 0.601. The van der Waals surface area contributed by atoms with Gasteiger partial charge in [-0.3, -0.25) is 4.68 Å². The fourth-order valence-electron chi connectivity index (χ4n) is 2.84. The van der Waals surface area contributed by atoms with Crippen molar-refractivity contribution in [3.8, 4) is 0 Å². The Morgan fingerprint density at radius 2 is 2.08 bits per heavy atom. The minimum atomic E-state index is -2.34. The second-order valence-electron chi connectivity index (χ2n) is 6.18. The highest BCUT2D eigenvalue weighted by atomic mass is 19.3. The molecule has 3 aromatic rings. The first-order chi connectivity index (χ1) is 12.5. The highest BCUT2D eigenvalue weighted by Gasteiger charge is 2.10. The van der Waals surface area contributed by atoms with E-state index in [1.165, 1.54) is 0 Å². The topological polar surface area (TPSA) is 94.8 Å². The first-order valence-electron chi connectivity index (χ1n) is 8.44. The lowest BCUT2D eigenvalue weighted by molar-refractivity contribution is 0.130. The first kappa shape index (κ1) is 18.1. The molecule has 5 N–H and O–H groups in total. The van der Waals surface area contributed by atoms with Gasteiger partial charge in [0, 0.05) is 24.0 Å². The number of hydrogen-bond acceptors (Lipinski definition) is 5. The van der Waals surface area contributed by atoms with Gasteiger partial charge in [0.05, 0.1) is 11.7 Å². The number of anilines is 3. The van der Waals surface area contributed by atoms with Gasteiger partial charge >= 0.3 is 0 Å². The molecule has 0 fully saturated rings. The predicted octanol–water partition coefficient (Wildman–Crippen LogP) is 3.22. The van der Waals surface area contributed by atoms with Gasteiger partial charge in [-0.05, 0) is 55.3 Å². The molecule has 0 spiro atoms. The maximum Gasteiger partial charge on any atom is 0.240 e. The predicted molar refractivity (Wildman–Crippen MR) is 99.8 cm³/mol. The molecule has 0 amide bonds. The number of benzene rings is 1. The van der Waals surface area contributed by atoms with Crippen LogP contribution in [0.4, 0.5) is 26.1 Å². The van der Waals surface area contributed by atoms with E-state index in [0.717, 1.165) is 27.7 Å². The van der Waals surface area contributed by atoms with Crippen LogP contribution in [0.15, 0.2) is 30.5 Å². The third-order valence-electron chi connectivity index (χ3n) is 4.21. The third kappa shape index (κ3) is 3.91. The number of aromatic nitrogens is 3. The van der Waals surface area contributed by atoms with E-state index in [-0.39, 0.29) is 13.0 Å². The number of fused-ring (bicyclic) bond motifs is 1. The molecular formula is C18H22F2N6. The van der Waals surface area contributed by atoms with Crippen LogP contribution in [0.3, 0.4) is 0 Å². The highest BCUT2D eigenvalue weighted by Crippen LogP contribution is 2.26. The molecule has 0 radical (unpaired) electrons. The molecule has 2 heterocycles. The number of nitrogens with two attached hydrogens (primary N) is 2. The summed E-state index contributed by atoms with van der Waals surface area (Å²) in [6.45, 7) is 2.60. The minimum absolute atomic E-state index is 0.185. The van der Waals surface area contributed by atoms with Gasteiger partial charge in [0.25, 0.3) is 0 Å². The van der Waals surface area contributed by atoms with Gasteiger partial charge in [0.2, 0.25) is 6.43 Å². The Morgan fingerprint density at radius 3 is 2.81 bits per heavy atom. The molecule has 0 unspecified atom stereocenters. The second kappa shape index (κ2) is 7.65. The maximum absolute atomic E-state index is 12.4. The summed E-state index contributed by atoms with van der Waals surface area (Å²) < 4.78 is 26.4. The summed E-state index contributed by atoms with van der Waals surface area (Å²) in [7, 11) is 0. The van der Waals surface area contributed by atoms with Gasteiger partial charge in [-0.2, -0.15) is 5.10 Å². The smallest absolute Gasteiger partial charge is 0.240 e. The third-order valence-corrected chi connectivity index (χ3v) is 4.21. The maximum atomic E-state index is 12.4. The summed E-state index contributed by atoms with van der Waals surface area (Å²) in [5, 5.41) is 8.33. The normalized spacial score (nSPS) is 11.4. The Balaban J connectivity index is 1.87. The largest absolute Gasteiger partial charge is 0.383 e. The zero-order valence-corrected chi connectivity index (χ0v) is 14.5. The summed E-state index contributed by atoms with van der Waals surface area (Å²) in [6.07, 6.45) is -0.200. The van der Waals surface area contributed by atoms with Crippen molar-refractivity contribution in [2.45, 2.75) is 32.7 Å². The van der Waals surface area contributed by atoms with E-state index in [1.54, 1.807) is 10.9 Å². The first-order valence-corrected chi connectivity index (χ1v) is 8.44. The number of nitrogens with one attached hydrogen (secondary N) is 1. The van der Waals surface area contributed by atoms with Gasteiger partial charge in [0.1, 0.15) is 11.6 Å². The molecule has 1 aromatic carbocycles. The molecule has 3 rings (SSSR count). The van der Waals surface area contributed by atoms with Crippen molar-refractivity contribution < 1.29 is 8.78 Å². The molecule has 26 heavy (non-hydrogen) atoms. The molecule has 0 aliphatic carbocycles. The molecule has 0 saturated heterocycles. The Hall–Kier alpha value is -2.74. The van der Waals surface area contributed by atoms with E-state index in [1.807, 2.05) is 31.2 Å². The molecule has 0 bridgehead atoms. The SMILES string of the molecule is Cc1cc(CCN)c(Nc2ccc3c(cnn3CCC(F)F)c2)nc1N. The number of nitrogen functional groups attached to an aromatic ring is 1. The van der Waals surface area contributed by atoms with Crippen molar-refractivity contribution in [2.75, 3.05) is 17.6 Å². The average Bonchev–Trinajstić information content (AvgIpc) is 3.00. The van der Waals surface area contributed by atoms with Crippen LogP contribution in [0.25, 0.3) is 10.9 Å². The molecular weight excluding hydrogens is 338 g/mol. The summed E-state index contributed by atoms with van der Waals surface area (Å²) >= 11 is 0. The van der Waals surface area contributed by atoms with E-state index in [2.05, 4.69) is 15.4 Å². The van der Waals surface area contributed by atoms with Crippen molar-refractivity contribution >= 4 is 28.2 Å². The van der Waals surface area contributed by atoms with Gasteiger partial charge in [-0.25, -0.2) is 13.8 Å². The summed E-state index contributed by atoms with van der Waals surface area (Å²) in [6, 6.07) is 7.62. The van der Waals surface area contributed by atoms with E-state index < -0.39 is 6.43 Å². The number of pyridine rings is 1. The van der Waals surface area contributed by atoms with E-state index in [0.29, 0.717) is 24.6 Å². The van der Waals surface area contributed by atoms with Crippen molar-refractivity contribution in [3.05, 3.63) is 41.6 Å². The molecule has 138 valence electrons. The van der Waals surface area contributed by atoms with Crippen molar-refractivity contribution in [3.63, 3.8) is 0 Å². The van der Waals surface area contributed by atoms with Crippen LogP contribution in [0.2, 0.25) is 0 Å². The van der Waals surface area contributed by atoms with Gasteiger partial charge in [-0.15, -0.1) is 0 Å². The fraction of sp³-hybridized carbons (Fsp3) is 0.333. The van der Waals surface area contributed by atoms with Gasteiger partial charge in [-0.1, -0.05) is 0 Å². The van der Waals surface area contributed by atoms with Crippen LogP contribution in [-0.4, -0.2) is 27.7 Å². The zero-order chi connectivity index (χ0) is 18.7. The molecule has 2 aromatic heterocycles. The standard InChI is InChI=1S/C18H22F2N6/c1-11-8-12(4-6-21)18(25-17(11)22)24-14-2-3-15-13(9-14)10-23-26(15)7-5-16(19)20/h2-3,8-10,16H,4-7,21H2,1H3,(H3,22,24,25). The Morgan fingerprint density at radius 1 is 1.27 bits per heavy atom. The lowest BCUT2D eigenvalue weighted by Crippen LogP contribution is -2.09. The second-order valence-corrected chi connectivity index (χ2v) is 6.18. The number of halogens is 2. The van der Waals surface area contributed by atoms with Gasteiger partial charge < -0.3 is 16.8 Å². The molecule has 0 aliphatic heterocycles. The fourth-order valence-corrected chi connectivity index (χ4v) is 2.84. The number of rotatable bonds is 7. The summed E-state index contributed by atoms with van der Waals surface area (Å²) in [4.78, 5) is 4.43. The molecule has 0 atom stereocenters. The number of aryl methyl sites for hydroxylation is 2. The monoisotopic (exact) mass is 360 g/mol. The van der Waals surface area contributed by atoms with E-state index >= 15 is 0 Å². The number of nitrogens with zero attached hydrogens (tertiary/aromatic N) is 3. The minimum Gasteiger partial charge on any atom is -0.383 e. The van der Waals surface area contributed by atoms with Crippen LogP contribution in [-0.2, 0) is 13.0 Å². The zero-order valence-electron chi connectivity index (χ0n) is 14.5. The van der Waals surface area contributed by atoms with Crippen LogP contribution in [0.1, 0.15) is 17.5 Å². The lowest BCUT2D eigenvalue weighted by atomic mass is 10.1. The molecule has 8 heteroatoms. The molecule has 0 aliphatic rings. The van der Waals surface area contributed by atoms with Crippen LogP contribution in [0.5, 0.6) is 0 Å². The summed E-state index contributed by atoms with van der Waals surface area (Å²) in [5.74, 6) is 1.14. The van der Waals surface area contributed by atoms with E-state index in [4.69, 9.17) is 11.5 Å². The number of hydrogen-bond donors (Lipinski definition) is 3. The Bertz CT molecular complexity index is 906. The lowest BCUT2D eigenvalue weighted by Gasteiger charge is -2.13. The van der Waals surface area contributed by atoms with Crippen molar-refractivity contribution in [1.29, 1.82) is 0 Å². The molecule has 0 saturated carbocycles.